The third kappa shape index (κ3) is 2.79. The lowest BCUT2D eigenvalue weighted by atomic mass is 10.1. The van der Waals surface area contributed by atoms with Crippen LogP contribution in [0.15, 0.2) is 12.1 Å². The van der Waals surface area contributed by atoms with Crippen LogP contribution < -0.4 is 15.4 Å². The molecule has 1 aromatic heterocycles. The fourth-order valence-electron chi connectivity index (χ4n) is 1.68. The van der Waals surface area contributed by atoms with Crippen molar-refractivity contribution in [2.24, 2.45) is 0 Å². The lowest BCUT2D eigenvalue weighted by Gasteiger charge is -2.23. The smallest absolute Gasteiger partial charge is 0.233 e. The van der Waals surface area contributed by atoms with Gasteiger partial charge in [-0.25, -0.2) is 0 Å². The molecule has 1 fully saturated rings. The number of nitrogens with one attached hydrogen (secondary N) is 2. The minimum absolute atomic E-state index is 0.508. The van der Waals surface area contributed by atoms with Gasteiger partial charge in [-0.15, -0.1) is 10.2 Å². The van der Waals surface area contributed by atoms with E-state index in [1.54, 1.807) is 7.11 Å². The van der Waals surface area contributed by atoms with Crippen molar-refractivity contribution in [3.63, 3.8) is 0 Å². The summed E-state index contributed by atoms with van der Waals surface area (Å²) in [4.78, 5) is 0. The van der Waals surface area contributed by atoms with E-state index in [0.29, 0.717) is 11.9 Å². The quantitative estimate of drug-likeness (QED) is 0.763. The number of hydrogen-bond donors (Lipinski definition) is 2. The largest absolute Gasteiger partial charge is 0.480 e. The summed E-state index contributed by atoms with van der Waals surface area (Å²) in [5, 5.41) is 14.6. The molecule has 0 amide bonds. The van der Waals surface area contributed by atoms with Gasteiger partial charge in [-0.1, -0.05) is 0 Å². The van der Waals surface area contributed by atoms with Crippen LogP contribution in [0.5, 0.6) is 5.88 Å². The maximum Gasteiger partial charge on any atom is 0.233 e. The molecule has 1 aliphatic heterocycles. The second-order valence-electron chi connectivity index (χ2n) is 3.63. The van der Waals surface area contributed by atoms with E-state index in [9.17, 15) is 0 Å². The summed E-state index contributed by atoms with van der Waals surface area (Å²) in [7, 11) is 1.59. The maximum absolute atomic E-state index is 4.95. The summed E-state index contributed by atoms with van der Waals surface area (Å²) >= 11 is 0. The molecule has 0 aliphatic carbocycles. The summed E-state index contributed by atoms with van der Waals surface area (Å²) in [6.07, 6.45) is 2.27. The van der Waals surface area contributed by atoms with Crippen molar-refractivity contribution in [2.45, 2.75) is 18.9 Å². The summed E-state index contributed by atoms with van der Waals surface area (Å²) in [5.41, 5.74) is 0. The number of aromatic nitrogens is 2. The van der Waals surface area contributed by atoms with Gasteiger partial charge in [-0.3, -0.25) is 0 Å². The van der Waals surface area contributed by atoms with Crippen LogP contribution in [-0.4, -0.2) is 36.4 Å². The predicted molar refractivity (Wildman–Crippen MR) is 58.1 cm³/mol. The van der Waals surface area contributed by atoms with Crippen LogP contribution >= 0.6 is 0 Å². The van der Waals surface area contributed by atoms with Crippen LogP contribution in [0.25, 0.3) is 0 Å². The molecule has 0 aromatic carbocycles. The van der Waals surface area contributed by atoms with E-state index in [0.717, 1.165) is 31.7 Å². The molecule has 82 valence electrons. The third-order valence-electron chi connectivity index (χ3n) is 2.54. The fourth-order valence-corrected chi connectivity index (χ4v) is 1.68. The third-order valence-corrected chi connectivity index (χ3v) is 2.54. The van der Waals surface area contributed by atoms with Crippen LogP contribution in [-0.2, 0) is 0 Å². The van der Waals surface area contributed by atoms with Gasteiger partial charge in [-0.05, 0) is 32.0 Å². The monoisotopic (exact) mass is 208 g/mol. The molecule has 0 saturated carbocycles. The number of piperidine rings is 1. The highest BCUT2D eigenvalue weighted by molar-refractivity contribution is 5.35. The van der Waals surface area contributed by atoms with Crippen molar-refractivity contribution in [1.82, 2.24) is 15.5 Å². The molecule has 5 nitrogen and oxygen atoms in total. The highest BCUT2D eigenvalue weighted by Gasteiger charge is 2.12. The van der Waals surface area contributed by atoms with Gasteiger partial charge in [0, 0.05) is 12.1 Å². The Balaban J connectivity index is 1.91. The Morgan fingerprint density at radius 2 is 2.13 bits per heavy atom. The van der Waals surface area contributed by atoms with Crippen molar-refractivity contribution < 1.29 is 4.74 Å². The second kappa shape index (κ2) is 4.93. The van der Waals surface area contributed by atoms with Gasteiger partial charge < -0.3 is 15.4 Å². The van der Waals surface area contributed by atoms with Crippen LogP contribution in [0, 0.1) is 0 Å². The van der Waals surface area contributed by atoms with Crippen molar-refractivity contribution in [3.8, 4) is 5.88 Å². The highest BCUT2D eigenvalue weighted by atomic mass is 16.5. The molecule has 2 heterocycles. The van der Waals surface area contributed by atoms with Gasteiger partial charge in [0.05, 0.1) is 7.11 Å². The van der Waals surface area contributed by atoms with Crippen LogP contribution in [0.3, 0.4) is 0 Å². The molecule has 1 aliphatic rings. The zero-order valence-electron chi connectivity index (χ0n) is 8.86. The van der Waals surface area contributed by atoms with Crippen molar-refractivity contribution in [2.75, 3.05) is 25.5 Å². The van der Waals surface area contributed by atoms with E-state index in [2.05, 4.69) is 20.8 Å². The maximum atomic E-state index is 4.95. The first-order valence-electron chi connectivity index (χ1n) is 5.23. The van der Waals surface area contributed by atoms with Gasteiger partial charge in [0.15, 0.2) is 0 Å². The molecule has 15 heavy (non-hydrogen) atoms. The minimum atomic E-state index is 0.508. The molecule has 2 N–H and O–H groups in total. The Labute approximate surface area is 89.2 Å². The molecule has 0 radical (unpaired) electrons. The molecule has 1 saturated heterocycles. The average Bonchev–Trinajstić information content (AvgIpc) is 2.31. The summed E-state index contributed by atoms with van der Waals surface area (Å²) in [6.45, 7) is 2.14. The Kier molecular flexibility index (Phi) is 3.34. The summed E-state index contributed by atoms with van der Waals surface area (Å²) < 4.78 is 4.95. The van der Waals surface area contributed by atoms with E-state index in [1.165, 1.54) is 0 Å². The lowest BCUT2D eigenvalue weighted by molar-refractivity contribution is 0.392. The van der Waals surface area contributed by atoms with E-state index in [1.807, 2.05) is 12.1 Å². The van der Waals surface area contributed by atoms with Crippen molar-refractivity contribution in [3.05, 3.63) is 12.1 Å². The average molecular weight is 208 g/mol. The van der Waals surface area contributed by atoms with Crippen LogP contribution in [0.1, 0.15) is 12.8 Å². The lowest BCUT2D eigenvalue weighted by Crippen LogP contribution is -2.35. The van der Waals surface area contributed by atoms with Gasteiger partial charge >= 0.3 is 0 Å². The molecule has 0 atom stereocenters. The summed E-state index contributed by atoms with van der Waals surface area (Å²) in [6, 6.07) is 4.22. The predicted octanol–water partition coefficient (Wildman–Crippen LogP) is 0.649. The Morgan fingerprint density at radius 3 is 2.73 bits per heavy atom. The normalized spacial score (nSPS) is 17.4. The summed E-state index contributed by atoms with van der Waals surface area (Å²) in [5.74, 6) is 1.37. The van der Waals surface area contributed by atoms with Gasteiger partial charge in [-0.2, -0.15) is 0 Å². The molecule has 0 spiro atoms. The first kappa shape index (κ1) is 10.2. The minimum Gasteiger partial charge on any atom is -0.480 e. The molecule has 2 rings (SSSR count). The molecular formula is C10H16N4O. The van der Waals surface area contributed by atoms with Gasteiger partial charge in [0.25, 0.3) is 0 Å². The highest BCUT2D eigenvalue weighted by Crippen LogP contribution is 2.12. The number of ether oxygens (including phenoxy) is 1. The van der Waals surface area contributed by atoms with E-state index in [-0.39, 0.29) is 0 Å². The molecule has 5 heteroatoms. The van der Waals surface area contributed by atoms with Gasteiger partial charge in [0.2, 0.25) is 5.88 Å². The first-order chi connectivity index (χ1) is 7.38. The molecule has 0 unspecified atom stereocenters. The molecule has 1 aromatic rings. The van der Waals surface area contributed by atoms with Crippen LogP contribution in [0.4, 0.5) is 5.82 Å². The number of hydrogen-bond acceptors (Lipinski definition) is 5. The number of anilines is 1. The molecule has 0 bridgehead atoms. The van der Waals surface area contributed by atoms with Crippen LogP contribution in [0.2, 0.25) is 0 Å². The Morgan fingerprint density at radius 1 is 1.33 bits per heavy atom. The SMILES string of the molecule is COc1ccc(NC2CCNCC2)nn1. The number of nitrogens with zero attached hydrogens (tertiary/aromatic N) is 2. The van der Waals surface area contributed by atoms with Gasteiger partial charge in [0.1, 0.15) is 5.82 Å². The Bertz CT molecular complexity index is 295. The first-order valence-corrected chi connectivity index (χ1v) is 5.23. The van der Waals surface area contributed by atoms with Crippen molar-refractivity contribution >= 4 is 5.82 Å². The number of rotatable bonds is 3. The van der Waals surface area contributed by atoms with Crippen molar-refractivity contribution in [1.29, 1.82) is 0 Å². The second-order valence-corrected chi connectivity index (χ2v) is 3.63. The topological polar surface area (TPSA) is 59.1 Å². The van der Waals surface area contributed by atoms with E-state index >= 15 is 0 Å². The zero-order chi connectivity index (χ0) is 10.5. The van der Waals surface area contributed by atoms with E-state index < -0.39 is 0 Å². The number of methoxy groups -OCH3 is 1. The standard InChI is InChI=1S/C10H16N4O/c1-15-10-3-2-9(13-14-10)12-8-4-6-11-7-5-8/h2-3,8,11H,4-7H2,1H3,(H,12,13). The Hall–Kier alpha value is -1.36. The molecular weight excluding hydrogens is 192 g/mol. The zero-order valence-corrected chi connectivity index (χ0v) is 8.86. The van der Waals surface area contributed by atoms with E-state index in [4.69, 9.17) is 4.74 Å². The fraction of sp³-hybridized carbons (Fsp3) is 0.600.